The number of aromatic nitrogens is 1. The summed E-state index contributed by atoms with van der Waals surface area (Å²) < 4.78 is 64.5. The van der Waals surface area contributed by atoms with Crippen LogP contribution in [0.1, 0.15) is 11.1 Å². The molecule has 0 atom stereocenters. The van der Waals surface area contributed by atoms with Crippen LogP contribution in [0.25, 0.3) is 0 Å². The van der Waals surface area contributed by atoms with Crippen LogP contribution in [-0.4, -0.2) is 39.9 Å². The summed E-state index contributed by atoms with van der Waals surface area (Å²) in [6.45, 7) is -0.498. The van der Waals surface area contributed by atoms with Gasteiger partial charge in [-0.3, -0.25) is 4.79 Å². The molecule has 0 saturated carbocycles. The molecule has 0 aliphatic carbocycles. The molecule has 1 heterocycles. The quantitative estimate of drug-likeness (QED) is 0.718. The summed E-state index contributed by atoms with van der Waals surface area (Å²) in [5.41, 5.74) is -0.366. The van der Waals surface area contributed by atoms with Crippen molar-refractivity contribution in [1.82, 2.24) is 15.0 Å². The highest BCUT2D eigenvalue weighted by molar-refractivity contribution is 7.89. The average Bonchev–Trinajstić information content (AvgIpc) is 2.64. The Kier molecular flexibility index (Phi) is 6.62. The largest absolute Gasteiger partial charge is 0.416 e. The molecule has 2 aromatic rings. The van der Waals surface area contributed by atoms with Crippen molar-refractivity contribution < 1.29 is 26.4 Å². The van der Waals surface area contributed by atoms with Crippen molar-refractivity contribution in [3.63, 3.8) is 0 Å². The van der Waals surface area contributed by atoms with Gasteiger partial charge in [-0.05, 0) is 24.3 Å². The van der Waals surface area contributed by atoms with E-state index in [2.05, 4.69) is 10.3 Å². The van der Waals surface area contributed by atoms with E-state index in [4.69, 9.17) is 0 Å². The van der Waals surface area contributed by atoms with E-state index in [0.29, 0.717) is 11.9 Å². The normalized spacial score (nSPS) is 11.9. The lowest BCUT2D eigenvalue weighted by Crippen LogP contribution is -2.36. The number of sulfonamides is 1. The minimum absolute atomic E-state index is 0.117. The van der Waals surface area contributed by atoms with Crippen molar-refractivity contribution in [2.45, 2.75) is 17.6 Å². The Bertz CT molecular complexity index is 947. The highest BCUT2D eigenvalue weighted by atomic mass is 32.2. The number of carbonyl (C=O) groups is 1. The van der Waals surface area contributed by atoms with Gasteiger partial charge in [0.1, 0.15) is 5.82 Å². The molecule has 2 rings (SSSR count). The van der Waals surface area contributed by atoms with Crippen LogP contribution < -0.4 is 14.9 Å². The van der Waals surface area contributed by atoms with Crippen molar-refractivity contribution in [2.75, 3.05) is 25.5 Å². The lowest BCUT2D eigenvalue weighted by molar-refractivity contribution is -0.137. The zero-order valence-electron chi connectivity index (χ0n) is 15.1. The summed E-state index contributed by atoms with van der Waals surface area (Å²) in [7, 11) is -0.697. The maximum Gasteiger partial charge on any atom is 0.416 e. The Labute approximate surface area is 160 Å². The van der Waals surface area contributed by atoms with E-state index < -0.39 is 39.1 Å². The number of hydrogen-bond acceptors (Lipinski definition) is 5. The van der Waals surface area contributed by atoms with Crippen LogP contribution in [0.15, 0.2) is 47.5 Å². The lowest BCUT2D eigenvalue weighted by atomic mass is 10.2. The molecule has 0 aliphatic rings. The second-order valence-corrected chi connectivity index (χ2v) is 7.77. The summed E-state index contributed by atoms with van der Waals surface area (Å²) in [6.07, 6.45) is -3.07. The highest BCUT2D eigenvalue weighted by Crippen LogP contribution is 2.30. The van der Waals surface area contributed by atoms with Gasteiger partial charge in [-0.15, -0.1) is 0 Å². The maximum atomic E-state index is 12.7. The van der Waals surface area contributed by atoms with Gasteiger partial charge in [0.15, 0.2) is 0 Å². The van der Waals surface area contributed by atoms with Gasteiger partial charge in [0.25, 0.3) is 0 Å². The lowest BCUT2D eigenvalue weighted by Gasteiger charge is -2.16. The summed E-state index contributed by atoms with van der Waals surface area (Å²) in [6, 6.07) is 6.75. The molecule has 1 aromatic heterocycles. The average molecular weight is 416 g/mol. The standard InChI is InChI=1S/C17H19F3N4O3S/c1-24(2)16-12(5-4-8-21-16)10-22-15(25)11-23-28(26,27)14-7-3-6-13(9-14)17(18,19)20/h3-9,23H,10-11H2,1-2H3,(H,22,25). The van der Waals surface area contributed by atoms with E-state index in [1.165, 1.54) is 0 Å². The van der Waals surface area contributed by atoms with Crippen LogP contribution in [0.3, 0.4) is 0 Å². The molecule has 0 spiro atoms. The summed E-state index contributed by atoms with van der Waals surface area (Å²) in [4.78, 5) is 17.3. The SMILES string of the molecule is CN(C)c1ncccc1CNC(=O)CNS(=O)(=O)c1cccc(C(F)(F)F)c1. The van der Waals surface area contributed by atoms with Crippen LogP contribution in [0, 0.1) is 0 Å². The van der Waals surface area contributed by atoms with Crippen LogP contribution in [0.2, 0.25) is 0 Å². The molecular weight excluding hydrogens is 397 g/mol. The number of benzene rings is 1. The number of pyridine rings is 1. The van der Waals surface area contributed by atoms with Crippen molar-refractivity contribution in [3.8, 4) is 0 Å². The molecule has 11 heteroatoms. The van der Waals surface area contributed by atoms with Gasteiger partial charge >= 0.3 is 6.18 Å². The fraction of sp³-hybridized carbons (Fsp3) is 0.294. The predicted molar refractivity (Wildman–Crippen MR) is 97.0 cm³/mol. The van der Waals surface area contributed by atoms with E-state index >= 15 is 0 Å². The molecule has 7 nitrogen and oxygen atoms in total. The fourth-order valence-corrected chi connectivity index (χ4v) is 3.34. The van der Waals surface area contributed by atoms with Crippen LogP contribution in [-0.2, 0) is 27.5 Å². The zero-order chi connectivity index (χ0) is 20.9. The Balaban J connectivity index is 1.99. The third-order valence-corrected chi connectivity index (χ3v) is 5.06. The monoisotopic (exact) mass is 416 g/mol. The number of rotatable bonds is 7. The van der Waals surface area contributed by atoms with Gasteiger partial charge in [0, 0.05) is 32.4 Å². The number of amides is 1. The van der Waals surface area contributed by atoms with Gasteiger partial charge in [-0.25, -0.2) is 18.1 Å². The fourth-order valence-electron chi connectivity index (χ4n) is 2.31. The Morgan fingerprint density at radius 1 is 1.18 bits per heavy atom. The first-order chi connectivity index (χ1) is 13.0. The number of alkyl halides is 3. The minimum Gasteiger partial charge on any atom is -0.362 e. The number of anilines is 1. The molecule has 1 aromatic carbocycles. The molecule has 152 valence electrons. The number of nitrogens with one attached hydrogen (secondary N) is 2. The molecule has 28 heavy (non-hydrogen) atoms. The first kappa shape index (κ1) is 21.6. The van der Waals surface area contributed by atoms with Crippen LogP contribution in [0.4, 0.5) is 19.0 Å². The Hall–Kier alpha value is -2.66. The number of nitrogens with zero attached hydrogens (tertiary/aromatic N) is 2. The molecular formula is C17H19F3N4O3S. The van der Waals surface area contributed by atoms with Crippen LogP contribution in [0.5, 0.6) is 0 Å². The second kappa shape index (κ2) is 8.57. The van der Waals surface area contributed by atoms with E-state index in [9.17, 15) is 26.4 Å². The van der Waals surface area contributed by atoms with E-state index in [-0.39, 0.29) is 6.54 Å². The maximum absolute atomic E-state index is 12.7. The predicted octanol–water partition coefficient (Wildman–Crippen LogP) is 1.76. The molecule has 0 bridgehead atoms. The summed E-state index contributed by atoms with van der Waals surface area (Å²) >= 11 is 0. The van der Waals surface area contributed by atoms with Gasteiger partial charge in [-0.2, -0.15) is 13.2 Å². The van der Waals surface area contributed by atoms with E-state index in [1.807, 2.05) is 4.72 Å². The smallest absolute Gasteiger partial charge is 0.362 e. The number of hydrogen-bond donors (Lipinski definition) is 2. The molecule has 0 unspecified atom stereocenters. The van der Waals surface area contributed by atoms with Gasteiger partial charge < -0.3 is 10.2 Å². The second-order valence-electron chi connectivity index (χ2n) is 6.01. The van der Waals surface area contributed by atoms with E-state index in [1.54, 1.807) is 37.3 Å². The van der Waals surface area contributed by atoms with Gasteiger partial charge in [0.05, 0.1) is 17.0 Å². The Morgan fingerprint density at radius 2 is 1.89 bits per heavy atom. The first-order valence-electron chi connectivity index (χ1n) is 8.05. The third kappa shape index (κ3) is 5.67. The van der Waals surface area contributed by atoms with Crippen molar-refractivity contribution in [3.05, 3.63) is 53.7 Å². The molecule has 2 N–H and O–H groups in total. The first-order valence-corrected chi connectivity index (χ1v) is 9.54. The van der Waals surface area contributed by atoms with E-state index in [0.717, 1.165) is 23.8 Å². The molecule has 0 aliphatic heterocycles. The number of carbonyl (C=O) groups excluding carboxylic acids is 1. The Morgan fingerprint density at radius 3 is 2.54 bits per heavy atom. The van der Waals surface area contributed by atoms with Crippen molar-refractivity contribution >= 4 is 21.7 Å². The van der Waals surface area contributed by atoms with Gasteiger partial charge in [0.2, 0.25) is 15.9 Å². The zero-order valence-corrected chi connectivity index (χ0v) is 15.9. The minimum atomic E-state index is -4.67. The molecule has 0 fully saturated rings. The van der Waals surface area contributed by atoms with Gasteiger partial charge in [-0.1, -0.05) is 12.1 Å². The number of halogens is 3. The molecule has 0 saturated heterocycles. The molecule has 1 amide bonds. The highest BCUT2D eigenvalue weighted by Gasteiger charge is 2.31. The van der Waals surface area contributed by atoms with Crippen molar-refractivity contribution in [1.29, 1.82) is 0 Å². The summed E-state index contributed by atoms with van der Waals surface area (Å²) in [5, 5.41) is 2.54. The topological polar surface area (TPSA) is 91.4 Å². The third-order valence-electron chi connectivity index (χ3n) is 3.66. The summed E-state index contributed by atoms with van der Waals surface area (Å²) in [5.74, 6) is 0.0106. The van der Waals surface area contributed by atoms with Crippen LogP contribution >= 0.6 is 0 Å². The molecule has 0 radical (unpaired) electrons. The van der Waals surface area contributed by atoms with Crippen molar-refractivity contribution in [2.24, 2.45) is 0 Å².